The topological polar surface area (TPSA) is 50.7 Å². The second kappa shape index (κ2) is 6.65. The molecule has 0 N–H and O–H groups in total. The van der Waals surface area contributed by atoms with Gasteiger partial charge in [0, 0.05) is 26.4 Å². The number of rotatable bonds is 3. The Hall–Kier alpha value is -2.22. The second-order valence-corrected chi connectivity index (χ2v) is 8.64. The summed E-state index contributed by atoms with van der Waals surface area (Å²) in [4.78, 5) is 12.8. The summed E-state index contributed by atoms with van der Waals surface area (Å²) in [5.74, 6) is -0.524. The third-order valence-electron chi connectivity index (χ3n) is 6.71. The maximum absolute atomic E-state index is 15.2. The van der Waals surface area contributed by atoms with Crippen molar-refractivity contribution in [3.8, 4) is 11.8 Å². The average Bonchev–Trinajstić information content (AvgIpc) is 3.20. The lowest BCUT2D eigenvalue weighted by molar-refractivity contribution is 0.107. The van der Waals surface area contributed by atoms with E-state index in [-0.39, 0.29) is 24.6 Å². The molecule has 1 aromatic carbocycles. The second-order valence-electron chi connectivity index (χ2n) is 8.64. The van der Waals surface area contributed by atoms with E-state index in [0.29, 0.717) is 42.0 Å². The smallest absolute Gasteiger partial charge is 0.319 e. The maximum Gasteiger partial charge on any atom is 0.319 e. The van der Waals surface area contributed by atoms with Crippen LogP contribution in [-0.2, 0) is 0 Å². The lowest BCUT2D eigenvalue weighted by atomic mass is 9.95. The van der Waals surface area contributed by atoms with Crippen LogP contribution in [0.5, 0.6) is 11.8 Å². The minimum absolute atomic E-state index is 0.191. The molecular weight excluding hydrogens is 378 g/mol. The van der Waals surface area contributed by atoms with Gasteiger partial charge in [-0.1, -0.05) is 6.07 Å². The minimum Gasteiger partial charge on any atom is -0.493 e. The van der Waals surface area contributed by atoms with Gasteiger partial charge in [0.15, 0.2) is 5.79 Å². The van der Waals surface area contributed by atoms with Gasteiger partial charge in [0.25, 0.3) is 0 Å². The zero-order chi connectivity index (χ0) is 20.2. The summed E-state index contributed by atoms with van der Waals surface area (Å²) in [6.07, 6.45) is 1.84. The molecule has 0 radical (unpaired) electrons. The van der Waals surface area contributed by atoms with Gasteiger partial charge in [0.2, 0.25) is 0 Å². The molecule has 6 nitrogen and oxygen atoms in total. The first-order valence-electron chi connectivity index (χ1n) is 10.3. The molecule has 0 aliphatic carbocycles. The van der Waals surface area contributed by atoms with Crippen molar-refractivity contribution in [2.24, 2.45) is 0 Å². The Balaban J connectivity index is 1.51. The molecule has 5 rings (SSSR count). The number of nitrogens with zero attached hydrogens (tertiary/aromatic N) is 4. The first-order chi connectivity index (χ1) is 13.9. The van der Waals surface area contributed by atoms with Crippen LogP contribution in [0.1, 0.15) is 32.6 Å². The van der Waals surface area contributed by atoms with Gasteiger partial charge in [-0.3, -0.25) is 4.90 Å². The van der Waals surface area contributed by atoms with Crippen molar-refractivity contribution in [2.75, 3.05) is 38.3 Å². The molecule has 156 valence electrons. The zero-order valence-corrected chi connectivity index (χ0v) is 16.8. The highest BCUT2D eigenvalue weighted by Gasteiger charge is 2.49. The number of hydrogen-bond donors (Lipinski definition) is 0. The van der Waals surface area contributed by atoms with Crippen LogP contribution in [0.2, 0.25) is 0 Å². The number of alkyl halides is 2. The van der Waals surface area contributed by atoms with Crippen molar-refractivity contribution in [3.63, 3.8) is 0 Å². The molecular formula is C21H26F2N4O2. The van der Waals surface area contributed by atoms with Crippen LogP contribution < -0.4 is 14.4 Å². The lowest BCUT2D eigenvalue weighted by Gasteiger charge is -2.35. The summed E-state index contributed by atoms with van der Waals surface area (Å²) in [6, 6.07) is 5.74. The Kier molecular flexibility index (Phi) is 4.31. The molecule has 2 fully saturated rings. The molecule has 2 saturated heterocycles. The third kappa shape index (κ3) is 3.08. The largest absolute Gasteiger partial charge is 0.493 e. The summed E-state index contributed by atoms with van der Waals surface area (Å²) in [6.45, 7) is 3.50. The number of aromatic nitrogens is 2. The Morgan fingerprint density at radius 3 is 3.03 bits per heavy atom. The van der Waals surface area contributed by atoms with E-state index in [9.17, 15) is 4.39 Å². The molecule has 0 spiro atoms. The Morgan fingerprint density at radius 2 is 2.17 bits per heavy atom. The van der Waals surface area contributed by atoms with Gasteiger partial charge >= 0.3 is 6.01 Å². The SMILES string of the molecule is CN1c2nc(OC[C@@]34CCCN3C[C@H](F)C4)nc3cccc(c23)OCCC1(C)F. The average molecular weight is 404 g/mol. The number of ether oxygens (including phenoxy) is 2. The van der Waals surface area contributed by atoms with E-state index >= 15 is 4.39 Å². The van der Waals surface area contributed by atoms with Crippen LogP contribution >= 0.6 is 0 Å². The van der Waals surface area contributed by atoms with Crippen molar-refractivity contribution in [2.45, 2.75) is 50.1 Å². The molecule has 3 atom stereocenters. The van der Waals surface area contributed by atoms with Gasteiger partial charge in [-0.05, 0) is 38.4 Å². The first kappa shape index (κ1) is 18.8. The summed E-state index contributed by atoms with van der Waals surface area (Å²) in [5.41, 5.74) is 0.358. The lowest BCUT2D eigenvalue weighted by Crippen LogP contribution is -2.44. The highest BCUT2D eigenvalue weighted by Crippen LogP contribution is 2.42. The summed E-state index contributed by atoms with van der Waals surface area (Å²) in [7, 11) is 1.69. The molecule has 0 bridgehead atoms. The fourth-order valence-corrected chi connectivity index (χ4v) is 4.92. The van der Waals surface area contributed by atoms with Crippen molar-refractivity contribution < 1.29 is 18.3 Å². The molecule has 1 unspecified atom stereocenters. The highest BCUT2D eigenvalue weighted by atomic mass is 19.1. The number of fused-ring (bicyclic) bond motifs is 1. The zero-order valence-electron chi connectivity index (χ0n) is 16.8. The van der Waals surface area contributed by atoms with Gasteiger partial charge in [-0.2, -0.15) is 9.97 Å². The van der Waals surface area contributed by atoms with Crippen molar-refractivity contribution in [1.82, 2.24) is 14.9 Å². The molecule has 0 saturated carbocycles. The van der Waals surface area contributed by atoms with E-state index in [1.54, 1.807) is 7.05 Å². The van der Waals surface area contributed by atoms with Crippen LogP contribution in [0.25, 0.3) is 10.9 Å². The van der Waals surface area contributed by atoms with E-state index in [1.165, 1.54) is 11.8 Å². The Labute approximate surface area is 168 Å². The molecule has 3 aliphatic heterocycles. The predicted molar refractivity (Wildman–Crippen MR) is 106 cm³/mol. The molecule has 8 heteroatoms. The molecule has 2 aromatic rings. The van der Waals surface area contributed by atoms with Crippen LogP contribution in [0.4, 0.5) is 14.6 Å². The fourth-order valence-electron chi connectivity index (χ4n) is 4.92. The molecule has 3 aliphatic rings. The number of benzene rings is 1. The van der Waals surface area contributed by atoms with Gasteiger partial charge in [0.05, 0.1) is 23.0 Å². The number of anilines is 1. The molecule has 29 heavy (non-hydrogen) atoms. The van der Waals surface area contributed by atoms with Gasteiger partial charge in [-0.15, -0.1) is 0 Å². The van der Waals surface area contributed by atoms with E-state index in [4.69, 9.17) is 9.47 Å². The molecule has 1 aromatic heterocycles. The van der Waals surface area contributed by atoms with Crippen LogP contribution in [0, 0.1) is 0 Å². The van der Waals surface area contributed by atoms with Crippen LogP contribution in [0.3, 0.4) is 0 Å². The van der Waals surface area contributed by atoms with Gasteiger partial charge < -0.3 is 14.4 Å². The Morgan fingerprint density at radius 1 is 1.31 bits per heavy atom. The molecule has 0 amide bonds. The molecule has 4 heterocycles. The van der Waals surface area contributed by atoms with Crippen LogP contribution in [-0.4, -0.2) is 65.7 Å². The van der Waals surface area contributed by atoms with Crippen molar-refractivity contribution in [3.05, 3.63) is 18.2 Å². The first-order valence-corrected chi connectivity index (χ1v) is 10.3. The number of halogens is 2. The quantitative estimate of drug-likeness (QED) is 0.730. The van der Waals surface area contributed by atoms with Gasteiger partial charge in [-0.25, -0.2) is 8.78 Å². The fraction of sp³-hybridized carbons (Fsp3) is 0.619. The van der Waals surface area contributed by atoms with Gasteiger partial charge in [0.1, 0.15) is 24.3 Å². The monoisotopic (exact) mass is 404 g/mol. The summed E-state index contributed by atoms with van der Waals surface area (Å²) < 4.78 is 41.1. The predicted octanol–water partition coefficient (Wildman–Crippen LogP) is 3.49. The Bertz CT molecular complexity index is 940. The standard InChI is InChI=1S/C21H26F2N4O2/c1-20(23)8-10-28-16-6-3-5-15-17(16)18(26(20)2)25-19(24-15)29-13-21-7-4-9-27(21)12-14(22)11-21/h3,5-6,14H,4,7-13H2,1-2H3/t14-,20?,21+/m1/s1. The maximum atomic E-state index is 15.2. The van der Waals surface area contributed by atoms with Crippen molar-refractivity contribution >= 4 is 16.7 Å². The minimum atomic E-state index is -1.61. The number of hydrogen-bond acceptors (Lipinski definition) is 6. The van der Waals surface area contributed by atoms with E-state index in [2.05, 4.69) is 14.9 Å². The van der Waals surface area contributed by atoms with Crippen molar-refractivity contribution in [1.29, 1.82) is 0 Å². The third-order valence-corrected chi connectivity index (χ3v) is 6.71. The van der Waals surface area contributed by atoms with E-state index < -0.39 is 12.0 Å². The highest BCUT2D eigenvalue weighted by molar-refractivity contribution is 5.95. The van der Waals surface area contributed by atoms with Crippen LogP contribution in [0.15, 0.2) is 18.2 Å². The normalized spacial score (nSPS) is 32.0. The van der Waals surface area contributed by atoms with E-state index in [0.717, 1.165) is 19.4 Å². The summed E-state index contributed by atoms with van der Waals surface area (Å²) >= 11 is 0. The van der Waals surface area contributed by atoms with E-state index in [1.807, 2.05) is 18.2 Å². The summed E-state index contributed by atoms with van der Waals surface area (Å²) in [5, 5.41) is 0.677.